The Morgan fingerprint density at radius 1 is 0.938 bits per heavy atom. The van der Waals surface area contributed by atoms with E-state index in [0.717, 1.165) is 33.4 Å². The molecule has 3 aromatic carbocycles. The first-order chi connectivity index (χ1) is 15.6. The highest BCUT2D eigenvalue weighted by Crippen LogP contribution is 2.32. The first kappa shape index (κ1) is 21.4. The molecule has 7 heteroatoms. The molecule has 0 spiro atoms. The van der Waals surface area contributed by atoms with Crippen molar-refractivity contribution in [3.63, 3.8) is 0 Å². The first-order valence-electron chi connectivity index (χ1n) is 10.2. The van der Waals surface area contributed by atoms with E-state index in [2.05, 4.69) is 33.7 Å². The number of nitrogens with zero attached hydrogens (tertiary/aromatic N) is 2. The van der Waals surface area contributed by atoms with Crippen LogP contribution >= 0.6 is 0 Å². The van der Waals surface area contributed by atoms with E-state index in [9.17, 15) is 4.79 Å². The maximum Gasteiger partial charge on any atom is 0.323 e. The van der Waals surface area contributed by atoms with E-state index in [4.69, 9.17) is 14.6 Å². The quantitative estimate of drug-likeness (QED) is 0.390. The zero-order chi connectivity index (χ0) is 22.5. The summed E-state index contributed by atoms with van der Waals surface area (Å²) >= 11 is 0. The Hall–Kier alpha value is -3.81. The van der Waals surface area contributed by atoms with Gasteiger partial charge in [0.25, 0.3) is 0 Å². The standard InChI is InChI=1S/C25H23N3O4/c1-16-20(18-8-3-2-4-9-18)11-6-12-21(16)24-28-27-23(32-24)19-10-5-7-17(13-19)14-26-22(15-29)25(30)31/h2-13,22,26,29H,14-15H2,1H3,(H,30,31). The number of aliphatic hydroxyl groups excluding tert-OH is 1. The van der Waals surface area contributed by atoms with Crippen molar-refractivity contribution in [1.82, 2.24) is 15.5 Å². The van der Waals surface area contributed by atoms with Gasteiger partial charge in [0.15, 0.2) is 0 Å². The molecule has 162 valence electrons. The van der Waals surface area contributed by atoms with Crippen molar-refractivity contribution in [3.8, 4) is 34.0 Å². The summed E-state index contributed by atoms with van der Waals surface area (Å²) in [5.74, 6) is -0.286. The van der Waals surface area contributed by atoms with Crippen LogP contribution in [0.15, 0.2) is 77.2 Å². The second-order valence-corrected chi connectivity index (χ2v) is 7.41. The predicted octanol–water partition coefficient (Wildman–Crippen LogP) is 3.91. The van der Waals surface area contributed by atoms with Crippen molar-refractivity contribution >= 4 is 5.97 Å². The molecule has 0 bridgehead atoms. The molecule has 0 aliphatic carbocycles. The summed E-state index contributed by atoms with van der Waals surface area (Å²) in [5.41, 5.74) is 5.72. The average molecular weight is 429 g/mol. The molecule has 1 unspecified atom stereocenters. The number of carbonyl (C=O) groups is 1. The monoisotopic (exact) mass is 429 g/mol. The normalized spacial score (nSPS) is 11.9. The third kappa shape index (κ3) is 4.59. The number of aliphatic carboxylic acids is 1. The van der Waals surface area contributed by atoms with Gasteiger partial charge in [-0.05, 0) is 47.4 Å². The van der Waals surface area contributed by atoms with Gasteiger partial charge in [0.1, 0.15) is 6.04 Å². The lowest BCUT2D eigenvalue weighted by atomic mass is 9.96. The number of hydrogen-bond acceptors (Lipinski definition) is 6. The van der Waals surface area contributed by atoms with Crippen molar-refractivity contribution < 1.29 is 19.4 Å². The predicted molar refractivity (Wildman–Crippen MR) is 121 cm³/mol. The fraction of sp³-hybridized carbons (Fsp3) is 0.160. The van der Waals surface area contributed by atoms with Crippen molar-refractivity contribution in [2.75, 3.05) is 6.61 Å². The number of rotatable bonds is 8. The van der Waals surface area contributed by atoms with E-state index in [0.29, 0.717) is 11.8 Å². The lowest BCUT2D eigenvalue weighted by Crippen LogP contribution is -2.39. The van der Waals surface area contributed by atoms with Gasteiger partial charge < -0.3 is 14.6 Å². The Bertz CT molecular complexity index is 1220. The molecule has 0 fully saturated rings. The molecule has 32 heavy (non-hydrogen) atoms. The van der Waals surface area contributed by atoms with Crippen LogP contribution in [0.5, 0.6) is 0 Å². The second kappa shape index (κ2) is 9.55. The number of benzene rings is 3. The van der Waals surface area contributed by atoms with Crippen LogP contribution in [0.1, 0.15) is 11.1 Å². The van der Waals surface area contributed by atoms with Crippen LogP contribution in [0.2, 0.25) is 0 Å². The van der Waals surface area contributed by atoms with Gasteiger partial charge in [0, 0.05) is 17.7 Å². The lowest BCUT2D eigenvalue weighted by Gasteiger charge is -2.11. The van der Waals surface area contributed by atoms with Crippen LogP contribution in [0, 0.1) is 6.92 Å². The molecular formula is C25H23N3O4. The fourth-order valence-electron chi connectivity index (χ4n) is 3.53. The van der Waals surface area contributed by atoms with Gasteiger partial charge in [-0.3, -0.25) is 10.1 Å². The van der Waals surface area contributed by atoms with Crippen molar-refractivity contribution in [2.45, 2.75) is 19.5 Å². The van der Waals surface area contributed by atoms with Crippen LogP contribution in [0.4, 0.5) is 0 Å². The molecule has 0 radical (unpaired) electrons. The number of nitrogens with one attached hydrogen (secondary N) is 1. The van der Waals surface area contributed by atoms with Gasteiger partial charge in [0.2, 0.25) is 11.8 Å². The number of aromatic nitrogens is 2. The molecule has 0 amide bonds. The zero-order valence-electron chi connectivity index (χ0n) is 17.5. The second-order valence-electron chi connectivity index (χ2n) is 7.41. The van der Waals surface area contributed by atoms with Crippen LogP contribution in [0.3, 0.4) is 0 Å². The van der Waals surface area contributed by atoms with Gasteiger partial charge in [-0.15, -0.1) is 10.2 Å². The van der Waals surface area contributed by atoms with E-state index in [1.165, 1.54) is 0 Å². The van der Waals surface area contributed by atoms with Crippen LogP contribution in [-0.4, -0.2) is 39.0 Å². The highest BCUT2D eigenvalue weighted by atomic mass is 16.4. The van der Waals surface area contributed by atoms with Crippen LogP contribution < -0.4 is 5.32 Å². The third-order valence-electron chi connectivity index (χ3n) is 5.28. The SMILES string of the molecule is Cc1c(-c2ccccc2)cccc1-c1nnc(-c2cccc(CNC(CO)C(=O)O)c2)o1. The number of hydrogen-bond donors (Lipinski definition) is 3. The fourth-order valence-corrected chi connectivity index (χ4v) is 3.53. The zero-order valence-corrected chi connectivity index (χ0v) is 17.5. The molecule has 0 saturated heterocycles. The molecule has 3 N–H and O–H groups in total. The van der Waals surface area contributed by atoms with E-state index < -0.39 is 18.6 Å². The van der Waals surface area contributed by atoms with Gasteiger partial charge in [-0.2, -0.15) is 0 Å². The Balaban J connectivity index is 1.58. The molecule has 1 heterocycles. The molecule has 4 aromatic rings. The molecule has 7 nitrogen and oxygen atoms in total. The molecule has 1 aromatic heterocycles. The number of carboxylic acid groups (broad SMARTS) is 1. The Labute approximate surface area is 185 Å². The third-order valence-corrected chi connectivity index (χ3v) is 5.28. The molecule has 4 rings (SSSR count). The minimum atomic E-state index is -1.10. The van der Waals surface area contributed by atoms with Crippen molar-refractivity contribution in [3.05, 3.63) is 83.9 Å². The smallest absolute Gasteiger partial charge is 0.323 e. The summed E-state index contributed by atoms with van der Waals surface area (Å²) in [7, 11) is 0. The highest BCUT2D eigenvalue weighted by molar-refractivity contribution is 5.75. The molecule has 0 aliphatic heterocycles. The minimum absolute atomic E-state index is 0.282. The van der Waals surface area contributed by atoms with Gasteiger partial charge in [-0.1, -0.05) is 54.6 Å². The van der Waals surface area contributed by atoms with Gasteiger partial charge in [-0.25, -0.2) is 0 Å². The van der Waals surface area contributed by atoms with E-state index in [1.54, 1.807) is 0 Å². The highest BCUT2D eigenvalue weighted by Gasteiger charge is 2.17. The molecule has 0 saturated carbocycles. The van der Waals surface area contributed by atoms with Crippen LogP contribution in [-0.2, 0) is 11.3 Å². The maximum atomic E-state index is 11.1. The summed E-state index contributed by atoms with van der Waals surface area (Å²) in [6, 6.07) is 22.5. The summed E-state index contributed by atoms with van der Waals surface area (Å²) in [4.78, 5) is 11.1. The minimum Gasteiger partial charge on any atom is -0.480 e. The van der Waals surface area contributed by atoms with E-state index in [1.807, 2.05) is 61.5 Å². The average Bonchev–Trinajstić information content (AvgIpc) is 3.30. The summed E-state index contributed by atoms with van der Waals surface area (Å²) in [6.45, 7) is 1.84. The summed E-state index contributed by atoms with van der Waals surface area (Å²) < 4.78 is 5.99. The maximum absolute atomic E-state index is 11.1. The summed E-state index contributed by atoms with van der Waals surface area (Å²) in [5, 5.41) is 29.5. The van der Waals surface area contributed by atoms with Crippen molar-refractivity contribution in [2.24, 2.45) is 0 Å². The largest absolute Gasteiger partial charge is 0.480 e. The summed E-state index contributed by atoms with van der Waals surface area (Å²) in [6.07, 6.45) is 0. The van der Waals surface area contributed by atoms with E-state index >= 15 is 0 Å². The topological polar surface area (TPSA) is 108 Å². The Morgan fingerprint density at radius 3 is 2.38 bits per heavy atom. The molecule has 0 aliphatic rings. The lowest BCUT2D eigenvalue weighted by molar-refractivity contribution is -0.140. The Morgan fingerprint density at radius 2 is 1.62 bits per heavy atom. The Kier molecular flexibility index (Phi) is 6.39. The number of carboxylic acids is 1. The molecule has 1 atom stereocenters. The first-order valence-corrected chi connectivity index (χ1v) is 10.2. The van der Waals surface area contributed by atoms with Gasteiger partial charge in [0.05, 0.1) is 6.61 Å². The van der Waals surface area contributed by atoms with Crippen LogP contribution in [0.25, 0.3) is 34.0 Å². The number of aliphatic hydroxyl groups is 1. The van der Waals surface area contributed by atoms with Gasteiger partial charge >= 0.3 is 5.97 Å². The molecular weight excluding hydrogens is 406 g/mol. The van der Waals surface area contributed by atoms with E-state index in [-0.39, 0.29) is 6.54 Å². The van der Waals surface area contributed by atoms with Crippen molar-refractivity contribution in [1.29, 1.82) is 0 Å².